The van der Waals surface area contributed by atoms with E-state index in [9.17, 15) is 4.79 Å². The van der Waals surface area contributed by atoms with Crippen LogP contribution >= 0.6 is 0 Å². The Balaban J connectivity index is 2.48. The third-order valence-electron chi connectivity index (χ3n) is 2.95. The lowest BCUT2D eigenvalue weighted by molar-refractivity contribution is -0.149. The van der Waals surface area contributed by atoms with Crippen LogP contribution in [0.5, 0.6) is 0 Å². The van der Waals surface area contributed by atoms with Crippen LogP contribution < -0.4 is 0 Å². The first-order valence-electron chi connectivity index (χ1n) is 5.98. The van der Waals surface area contributed by atoms with Gasteiger partial charge in [-0.15, -0.1) is 0 Å². The summed E-state index contributed by atoms with van der Waals surface area (Å²) < 4.78 is 5.06. The number of carbonyl (C=O) groups excluding carboxylic acids is 1. The Morgan fingerprint density at radius 1 is 1.40 bits per heavy atom. The molecule has 0 aromatic heterocycles. The first kappa shape index (κ1) is 12.5. The SMILES string of the molecule is CCOC(=O)C(C)N(CC1CC1)C(C)C. The lowest BCUT2D eigenvalue weighted by Crippen LogP contribution is -2.45. The van der Waals surface area contributed by atoms with Gasteiger partial charge in [0, 0.05) is 12.6 Å². The average Bonchev–Trinajstić information content (AvgIpc) is 2.96. The maximum atomic E-state index is 11.6. The van der Waals surface area contributed by atoms with Gasteiger partial charge in [-0.25, -0.2) is 0 Å². The number of esters is 1. The zero-order chi connectivity index (χ0) is 11.4. The minimum absolute atomic E-state index is 0.0909. The van der Waals surface area contributed by atoms with E-state index in [1.165, 1.54) is 12.8 Å². The zero-order valence-electron chi connectivity index (χ0n) is 10.3. The van der Waals surface area contributed by atoms with Crippen LogP contribution in [0.25, 0.3) is 0 Å². The summed E-state index contributed by atoms with van der Waals surface area (Å²) in [6.07, 6.45) is 2.64. The quantitative estimate of drug-likeness (QED) is 0.632. The van der Waals surface area contributed by atoms with Gasteiger partial charge in [-0.3, -0.25) is 9.69 Å². The fraction of sp³-hybridized carbons (Fsp3) is 0.917. The molecule has 3 heteroatoms. The first-order chi connectivity index (χ1) is 7.06. The van der Waals surface area contributed by atoms with E-state index >= 15 is 0 Å². The standard InChI is InChI=1S/C12H23NO2/c1-5-15-12(14)10(4)13(9(2)3)8-11-6-7-11/h9-11H,5-8H2,1-4H3. The molecule has 1 atom stereocenters. The molecule has 0 aromatic carbocycles. The van der Waals surface area contributed by atoms with E-state index in [1.54, 1.807) is 0 Å². The van der Waals surface area contributed by atoms with E-state index in [4.69, 9.17) is 4.74 Å². The molecule has 0 N–H and O–H groups in total. The van der Waals surface area contributed by atoms with Crippen molar-refractivity contribution in [1.82, 2.24) is 4.90 Å². The van der Waals surface area contributed by atoms with Crippen molar-refractivity contribution in [2.45, 2.75) is 52.6 Å². The summed E-state index contributed by atoms with van der Waals surface area (Å²) in [7, 11) is 0. The molecule has 0 saturated heterocycles. The largest absolute Gasteiger partial charge is 0.465 e. The topological polar surface area (TPSA) is 29.5 Å². The lowest BCUT2D eigenvalue weighted by atomic mass is 10.2. The Kier molecular flexibility index (Phi) is 4.58. The molecule has 1 rings (SSSR count). The van der Waals surface area contributed by atoms with Gasteiger partial charge in [-0.2, -0.15) is 0 Å². The van der Waals surface area contributed by atoms with Crippen molar-refractivity contribution < 1.29 is 9.53 Å². The van der Waals surface area contributed by atoms with Crippen molar-refractivity contribution in [3.05, 3.63) is 0 Å². The van der Waals surface area contributed by atoms with Gasteiger partial charge in [0.05, 0.1) is 6.61 Å². The van der Waals surface area contributed by atoms with E-state index in [1.807, 2.05) is 13.8 Å². The van der Waals surface area contributed by atoms with Crippen molar-refractivity contribution in [2.75, 3.05) is 13.2 Å². The molecule has 88 valence electrons. The minimum atomic E-state index is -0.106. The van der Waals surface area contributed by atoms with Gasteiger partial charge in [0.25, 0.3) is 0 Å². The van der Waals surface area contributed by atoms with Gasteiger partial charge in [0.15, 0.2) is 0 Å². The second kappa shape index (κ2) is 5.50. The molecule has 1 aliphatic rings. The highest BCUT2D eigenvalue weighted by atomic mass is 16.5. The van der Waals surface area contributed by atoms with Crippen LogP contribution in [0.3, 0.4) is 0 Å². The van der Waals surface area contributed by atoms with Gasteiger partial charge in [0.2, 0.25) is 0 Å². The fourth-order valence-electron chi connectivity index (χ4n) is 1.81. The van der Waals surface area contributed by atoms with Gasteiger partial charge < -0.3 is 4.74 Å². The van der Waals surface area contributed by atoms with E-state index in [-0.39, 0.29) is 12.0 Å². The monoisotopic (exact) mass is 213 g/mol. The van der Waals surface area contributed by atoms with E-state index in [0.717, 1.165) is 12.5 Å². The third kappa shape index (κ3) is 3.82. The Morgan fingerprint density at radius 3 is 2.40 bits per heavy atom. The Labute approximate surface area is 92.8 Å². The predicted octanol–water partition coefficient (Wildman–Crippen LogP) is 2.06. The van der Waals surface area contributed by atoms with E-state index in [2.05, 4.69) is 18.7 Å². The van der Waals surface area contributed by atoms with Crippen molar-refractivity contribution in [3.63, 3.8) is 0 Å². The maximum Gasteiger partial charge on any atom is 0.323 e. The van der Waals surface area contributed by atoms with Gasteiger partial charge in [-0.1, -0.05) is 0 Å². The zero-order valence-corrected chi connectivity index (χ0v) is 10.3. The molecule has 3 nitrogen and oxygen atoms in total. The Hall–Kier alpha value is -0.570. The number of rotatable bonds is 6. The summed E-state index contributed by atoms with van der Waals surface area (Å²) in [5.41, 5.74) is 0. The Bertz CT molecular complexity index is 212. The molecule has 1 unspecified atom stereocenters. The molecule has 0 spiro atoms. The summed E-state index contributed by atoms with van der Waals surface area (Å²) in [6, 6.07) is 0.301. The summed E-state index contributed by atoms with van der Waals surface area (Å²) in [5, 5.41) is 0. The summed E-state index contributed by atoms with van der Waals surface area (Å²) >= 11 is 0. The van der Waals surface area contributed by atoms with Gasteiger partial charge in [0.1, 0.15) is 6.04 Å². The predicted molar refractivity (Wildman–Crippen MR) is 60.7 cm³/mol. The molecule has 1 aliphatic carbocycles. The van der Waals surface area contributed by atoms with Crippen LogP contribution in [0, 0.1) is 5.92 Å². The van der Waals surface area contributed by atoms with Gasteiger partial charge >= 0.3 is 5.97 Å². The number of hydrogen-bond donors (Lipinski definition) is 0. The van der Waals surface area contributed by atoms with Crippen LogP contribution in [0.4, 0.5) is 0 Å². The van der Waals surface area contributed by atoms with Crippen molar-refractivity contribution in [2.24, 2.45) is 5.92 Å². The van der Waals surface area contributed by atoms with Crippen LogP contribution in [0.15, 0.2) is 0 Å². The Morgan fingerprint density at radius 2 is 2.00 bits per heavy atom. The molecular weight excluding hydrogens is 190 g/mol. The van der Waals surface area contributed by atoms with Crippen molar-refractivity contribution >= 4 is 5.97 Å². The number of hydrogen-bond acceptors (Lipinski definition) is 3. The molecule has 0 heterocycles. The second-order valence-electron chi connectivity index (χ2n) is 4.66. The molecule has 0 radical (unpaired) electrons. The molecular formula is C12H23NO2. The molecule has 0 amide bonds. The van der Waals surface area contributed by atoms with Crippen LogP contribution in [0.1, 0.15) is 40.5 Å². The van der Waals surface area contributed by atoms with Crippen LogP contribution in [0.2, 0.25) is 0 Å². The third-order valence-corrected chi connectivity index (χ3v) is 2.95. The number of nitrogens with zero attached hydrogens (tertiary/aromatic N) is 1. The van der Waals surface area contributed by atoms with Crippen molar-refractivity contribution in [3.8, 4) is 0 Å². The normalized spacial score (nSPS) is 18.3. The molecule has 0 bridgehead atoms. The second-order valence-corrected chi connectivity index (χ2v) is 4.66. The van der Waals surface area contributed by atoms with Gasteiger partial charge in [-0.05, 0) is 46.5 Å². The lowest BCUT2D eigenvalue weighted by Gasteiger charge is -2.31. The smallest absolute Gasteiger partial charge is 0.323 e. The molecule has 0 aliphatic heterocycles. The molecule has 0 aromatic rings. The van der Waals surface area contributed by atoms with E-state index < -0.39 is 0 Å². The molecule has 1 fully saturated rings. The van der Waals surface area contributed by atoms with Crippen molar-refractivity contribution in [1.29, 1.82) is 0 Å². The summed E-state index contributed by atoms with van der Waals surface area (Å²) in [6.45, 7) is 9.58. The maximum absolute atomic E-state index is 11.6. The molecule has 1 saturated carbocycles. The van der Waals surface area contributed by atoms with E-state index in [0.29, 0.717) is 12.6 Å². The average molecular weight is 213 g/mol. The number of ether oxygens (including phenoxy) is 1. The highest BCUT2D eigenvalue weighted by Crippen LogP contribution is 2.31. The minimum Gasteiger partial charge on any atom is -0.465 e. The van der Waals surface area contributed by atoms with Crippen LogP contribution in [-0.2, 0) is 9.53 Å². The summed E-state index contributed by atoms with van der Waals surface area (Å²) in [4.78, 5) is 13.9. The van der Waals surface area contributed by atoms with Crippen LogP contribution in [-0.4, -0.2) is 36.1 Å². The first-order valence-corrected chi connectivity index (χ1v) is 5.98. The molecule has 15 heavy (non-hydrogen) atoms. The highest BCUT2D eigenvalue weighted by Gasteiger charge is 2.31. The summed E-state index contributed by atoms with van der Waals surface area (Å²) in [5.74, 6) is 0.719. The number of carbonyl (C=O) groups is 1. The highest BCUT2D eigenvalue weighted by molar-refractivity contribution is 5.75. The fourth-order valence-corrected chi connectivity index (χ4v) is 1.81.